The van der Waals surface area contributed by atoms with E-state index in [1.165, 1.54) is 12.1 Å². The maximum absolute atomic E-state index is 12.3. The molecule has 8 heteroatoms. The Kier molecular flexibility index (Phi) is 6.80. The maximum Gasteiger partial charge on any atom is 0.255 e. The Labute approximate surface area is 180 Å². The van der Waals surface area contributed by atoms with Crippen LogP contribution in [0.25, 0.3) is 0 Å². The molecule has 0 spiro atoms. The topological polar surface area (TPSA) is 116 Å². The number of anilines is 2. The summed E-state index contributed by atoms with van der Waals surface area (Å²) < 4.78 is 24.7. The van der Waals surface area contributed by atoms with Crippen molar-refractivity contribution in [1.82, 2.24) is 0 Å². The van der Waals surface area contributed by atoms with Crippen molar-refractivity contribution in [3.05, 3.63) is 95.6 Å². The van der Waals surface area contributed by atoms with Crippen molar-refractivity contribution in [2.45, 2.75) is 5.75 Å². The molecule has 0 fully saturated rings. The lowest BCUT2D eigenvalue weighted by Crippen LogP contribution is -2.24. The molecule has 0 aliphatic carbocycles. The van der Waals surface area contributed by atoms with E-state index in [9.17, 15) is 18.0 Å². The zero-order valence-electron chi connectivity index (χ0n) is 16.4. The number of hydrogen-bond donors (Lipinski definition) is 2. The van der Waals surface area contributed by atoms with Crippen molar-refractivity contribution in [3.8, 4) is 6.07 Å². The van der Waals surface area contributed by atoms with Crippen LogP contribution in [0.2, 0.25) is 0 Å². The summed E-state index contributed by atoms with van der Waals surface area (Å²) in [6, 6.07) is 23.2. The van der Waals surface area contributed by atoms with Crippen LogP contribution < -0.4 is 10.6 Å². The number of carbonyl (C=O) groups is 2. The first-order valence-corrected chi connectivity index (χ1v) is 11.1. The summed E-state index contributed by atoms with van der Waals surface area (Å²) in [4.78, 5) is 24.5. The van der Waals surface area contributed by atoms with E-state index in [4.69, 9.17) is 5.26 Å². The van der Waals surface area contributed by atoms with Gasteiger partial charge >= 0.3 is 0 Å². The first-order chi connectivity index (χ1) is 14.8. The molecule has 0 radical (unpaired) electrons. The van der Waals surface area contributed by atoms with Gasteiger partial charge in [-0.15, -0.1) is 0 Å². The van der Waals surface area contributed by atoms with Crippen LogP contribution in [0.5, 0.6) is 0 Å². The van der Waals surface area contributed by atoms with Crippen LogP contribution in [0.15, 0.2) is 78.9 Å². The van der Waals surface area contributed by atoms with Gasteiger partial charge in [0, 0.05) is 16.9 Å². The molecule has 0 heterocycles. The Morgan fingerprint density at radius 1 is 0.839 bits per heavy atom. The highest BCUT2D eigenvalue weighted by atomic mass is 32.2. The second kappa shape index (κ2) is 9.69. The average molecular weight is 433 g/mol. The van der Waals surface area contributed by atoms with Gasteiger partial charge in [0.05, 0.1) is 17.4 Å². The van der Waals surface area contributed by atoms with E-state index in [-0.39, 0.29) is 11.7 Å². The van der Waals surface area contributed by atoms with Crippen LogP contribution in [0.3, 0.4) is 0 Å². The molecule has 2 amide bonds. The van der Waals surface area contributed by atoms with E-state index in [2.05, 4.69) is 10.6 Å². The number of nitrogens with zero attached hydrogens (tertiary/aromatic N) is 1. The minimum absolute atomic E-state index is 0.297. The van der Waals surface area contributed by atoms with E-state index in [0.29, 0.717) is 28.1 Å². The van der Waals surface area contributed by atoms with Gasteiger partial charge in [0.1, 0.15) is 5.75 Å². The van der Waals surface area contributed by atoms with E-state index < -0.39 is 21.5 Å². The maximum atomic E-state index is 12.3. The number of carbonyl (C=O) groups excluding carboxylic acids is 2. The van der Waals surface area contributed by atoms with Gasteiger partial charge in [-0.2, -0.15) is 5.26 Å². The van der Waals surface area contributed by atoms with Crippen LogP contribution in [-0.4, -0.2) is 26.0 Å². The number of nitrogens with one attached hydrogen (secondary N) is 2. The Bertz CT molecular complexity index is 1230. The number of rotatable bonds is 7. The molecule has 0 saturated carbocycles. The lowest BCUT2D eigenvalue weighted by atomic mass is 10.2. The molecule has 7 nitrogen and oxygen atoms in total. The van der Waals surface area contributed by atoms with E-state index in [0.717, 1.165) is 0 Å². The second-order valence-electron chi connectivity index (χ2n) is 6.79. The summed E-state index contributed by atoms with van der Waals surface area (Å²) in [6.07, 6.45) is 0. The Morgan fingerprint density at radius 3 is 2.13 bits per heavy atom. The molecular weight excluding hydrogens is 414 g/mol. The Morgan fingerprint density at radius 2 is 1.48 bits per heavy atom. The van der Waals surface area contributed by atoms with Crippen molar-refractivity contribution in [3.63, 3.8) is 0 Å². The smallest absolute Gasteiger partial charge is 0.255 e. The first kappa shape index (κ1) is 21.7. The molecule has 3 rings (SSSR count). The van der Waals surface area contributed by atoms with Crippen LogP contribution >= 0.6 is 0 Å². The fourth-order valence-corrected chi connectivity index (χ4v) is 4.12. The van der Waals surface area contributed by atoms with E-state index in [1.807, 2.05) is 12.1 Å². The summed E-state index contributed by atoms with van der Waals surface area (Å²) in [6.45, 7) is 0. The van der Waals surface area contributed by atoms with Gasteiger partial charge in [-0.25, -0.2) is 8.42 Å². The highest BCUT2D eigenvalue weighted by Gasteiger charge is 2.18. The van der Waals surface area contributed by atoms with Gasteiger partial charge in [-0.05, 0) is 48.0 Å². The molecule has 0 unspecified atom stereocenters. The number of amides is 2. The molecule has 0 aromatic heterocycles. The molecule has 3 aromatic carbocycles. The Hall–Kier alpha value is -3.96. The average Bonchev–Trinajstić information content (AvgIpc) is 2.74. The molecule has 3 aromatic rings. The molecule has 0 saturated heterocycles. The van der Waals surface area contributed by atoms with Crippen molar-refractivity contribution in [2.24, 2.45) is 0 Å². The van der Waals surface area contributed by atoms with Crippen LogP contribution in [0.1, 0.15) is 21.5 Å². The third-order valence-corrected chi connectivity index (χ3v) is 5.74. The number of benzene rings is 3. The normalized spacial score (nSPS) is 10.7. The highest BCUT2D eigenvalue weighted by Crippen LogP contribution is 2.17. The lowest BCUT2D eigenvalue weighted by molar-refractivity contribution is -0.113. The molecule has 0 atom stereocenters. The van der Waals surface area contributed by atoms with Gasteiger partial charge in [0.2, 0.25) is 5.91 Å². The van der Waals surface area contributed by atoms with Crippen LogP contribution in [0, 0.1) is 11.3 Å². The minimum Gasteiger partial charge on any atom is -0.325 e. The van der Waals surface area contributed by atoms with Crippen molar-refractivity contribution < 1.29 is 18.0 Å². The summed E-state index contributed by atoms with van der Waals surface area (Å²) >= 11 is 0. The summed E-state index contributed by atoms with van der Waals surface area (Å²) in [7, 11) is -3.70. The molecule has 0 aliphatic heterocycles. The van der Waals surface area contributed by atoms with E-state index >= 15 is 0 Å². The number of sulfone groups is 1. The quantitative estimate of drug-likeness (QED) is 0.593. The standard InChI is InChI=1S/C23H19N3O4S/c24-14-17-9-11-18(12-10-17)15-31(29,30)16-22(27)25-20-7-4-8-21(13-20)26-23(28)19-5-2-1-3-6-19/h1-13H,15-16H2,(H,25,27)(H,26,28). The van der Waals surface area contributed by atoms with Gasteiger partial charge < -0.3 is 10.6 Å². The summed E-state index contributed by atoms with van der Waals surface area (Å²) in [5, 5.41) is 14.1. The van der Waals surface area contributed by atoms with Crippen LogP contribution in [0.4, 0.5) is 11.4 Å². The van der Waals surface area contributed by atoms with Gasteiger partial charge in [-0.3, -0.25) is 9.59 Å². The number of nitriles is 1. The summed E-state index contributed by atoms with van der Waals surface area (Å²) in [5.41, 5.74) is 2.25. The third kappa shape index (κ3) is 6.52. The van der Waals surface area contributed by atoms with Gasteiger partial charge in [-0.1, -0.05) is 36.4 Å². The zero-order chi connectivity index (χ0) is 22.3. The molecular formula is C23H19N3O4S. The first-order valence-electron chi connectivity index (χ1n) is 9.30. The second-order valence-corrected chi connectivity index (χ2v) is 8.85. The monoisotopic (exact) mass is 433 g/mol. The van der Waals surface area contributed by atoms with Gasteiger partial charge in [0.15, 0.2) is 9.84 Å². The predicted molar refractivity (Wildman–Crippen MR) is 118 cm³/mol. The van der Waals surface area contributed by atoms with Crippen LogP contribution in [-0.2, 0) is 20.4 Å². The minimum atomic E-state index is -3.70. The fourth-order valence-electron chi connectivity index (χ4n) is 2.84. The third-order valence-electron chi connectivity index (χ3n) is 4.26. The van der Waals surface area contributed by atoms with Crippen molar-refractivity contribution >= 4 is 33.0 Å². The lowest BCUT2D eigenvalue weighted by Gasteiger charge is -2.09. The molecule has 0 bridgehead atoms. The highest BCUT2D eigenvalue weighted by molar-refractivity contribution is 7.91. The Balaban J connectivity index is 1.60. The van der Waals surface area contributed by atoms with Gasteiger partial charge in [0.25, 0.3) is 5.91 Å². The summed E-state index contributed by atoms with van der Waals surface area (Å²) in [5.74, 6) is -1.97. The molecule has 31 heavy (non-hydrogen) atoms. The molecule has 0 aliphatic rings. The predicted octanol–water partition coefficient (Wildman–Crippen LogP) is 3.36. The zero-order valence-corrected chi connectivity index (χ0v) is 17.2. The van der Waals surface area contributed by atoms with E-state index in [1.54, 1.807) is 60.7 Å². The SMILES string of the molecule is N#Cc1ccc(CS(=O)(=O)CC(=O)Nc2cccc(NC(=O)c3ccccc3)c2)cc1. The molecule has 156 valence electrons. The van der Waals surface area contributed by atoms with Crippen molar-refractivity contribution in [1.29, 1.82) is 5.26 Å². The fraction of sp³-hybridized carbons (Fsp3) is 0.0870. The molecule has 2 N–H and O–H groups in total. The largest absolute Gasteiger partial charge is 0.325 e. The van der Waals surface area contributed by atoms with Crippen molar-refractivity contribution in [2.75, 3.05) is 16.4 Å². The number of hydrogen-bond acceptors (Lipinski definition) is 5.